The van der Waals surface area contributed by atoms with E-state index < -0.39 is 24.0 Å². The van der Waals surface area contributed by atoms with E-state index in [2.05, 4.69) is 11.1 Å². The normalized spacial score (nSPS) is 13.9. The zero-order valence-electron chi connectivity index (χ0n) is 8.97. The average molecular weight is 222 g/mol. The van der Waals surface area contributed by atoms with Gasteiger partial charge in [-0.05, 0) is 6.92 Å². The molecule has 1 aromatic carbocycles. The minimum absolute atomic E-state index is 0.428. The van der Waals surface area contributed by atoms with Crippen LogP contribution in [-0.4, -0.2) is 17.9 Å². The first-order valence-electron chi connectivity index (χ1n) is 4.91. The molecule has 0 aliphatic rings. The fraction of sp³-hybridized carbons (Fsp3) is 0.273. The number of carbonyl (C=O) groups is 2. The lowest BCUT2D eigenvalue weighted by Crippen LogP contribution is -2.62. The van der Waals surface area contributed by atoms with Crippen LogP contribution in [0.15, 0.2) is 30.3 Å². The van der Waals surface area contributed by atoms with Crippen LogP contribution in [-0.2, 0) is 9.59 Å². The molecule has 0 heterocycles. The summed E-state index contributed by atoms with van der Waals surface area (Å²) in [6, 6.07) is 7.31. The monoisotopic (exact) mass is 222 g/mol. The molecule has 0 saturated carbocycles. The lowest BCUT2D eigenvalue weighted by molar-refractivity contribution is -0.409. The van der Waals surface area contributed by atoms with Gasteiger partial charge in [-0.15, -0.1) is 0 Å². The number of benzene rings is 1. The molecule has 0 spiro atoms. The number of aliphatic carboxylic acids is 1. The van der Waals surface area contributed by atoms with Crippen molar-refractivity contribution in [1.29, 1.82) is 0 Å². The van der Waals surface area contributed by atoms with Gasteiger partial charge in [0.2, 0.25) is 0 Å². The standard InChI is InChI=1S/C11H14N2O3/c1-7(11(15)16)13-10(14)9(12)8-5-3-2-4-6-8/h2-7,9H,12H2,1H3,(H,13,14)(H,15,16)/t7-,9-/m1/s1. The van der Waals surface area contributed by atoms with Crippen LogP contribution in [0.1, 0.15) is 18.5 Å². The second-order valence-corrected chi connectivity index (χ2v) is 3.51. The number of carbonyl (C=O) groups excluding carboxylic acids is 2. The largest absolute Gasteiger partial charge is 0.548 e. The highest BCUT2D eigenvalue weighted by atomic mass is 16.4. The molecule has 0 unspecified atom stereocenters. The summed E-state index contributed by atoms with van der Waals surface area (Å²) in [5.41, 5.74) is 4.44. The van der Waals surface area contributed by atoms with Crippen molar-refractivity contribution in [3.05, 3.63) is 35.9 Å². The van der Waals surface area contributed by atoms with Gasteiger partial charge >= 0.3 is 0 Å². The van der Waals surface area contributed by atoms with Gasteiger partial charge in [-0.3, -0.25) is 4.79 Å². The lowest BCUT2D eigenvalue weighted by Gasteiger charge is -2.16. The maximum atomic E-state index is 11.6. The summed E-state index contributed by atoms with van der Waals surface area (Å²) >= 11 is 0. The Morgan fingerprint density at radius 2 is 1.88 bits per heavy atom. The second kappa shape index (κ2) is 5.27. The van der Waals surface area contributed by atoms with Gasteiger partial charge in [-0.1, -0.05) is 30.3 Å². The Kier molecular flexibility index (Phi) is 4.02. The van der Waals surface area contributed by atoms with E-state index in [4.69, 9.17) is 0 Å². The van der Waals surface area contributed by atoms with Crippen molar-refractivity contribution in [1.82, 2.24) is 5.32 Å². The molecular formula is C11H14N2O3. The van der Waals surface area contributed by atoms with E-state index in [0.717, 1.165) is 5.56 Å². The van der Waals surface area contributed by atoms with Crippen LogP contribution >= 0.6 is 0 Å². The van der Waals surface area contributed by atoms with Crippen molar-refractivity contribution in [3.8, 4) is 0 Å². The number of hydrogen-bond donors (Lipinski definition) is 2. The summed E-state index contributed by atoms with van der Waals surface area (Å²) < 4.78 is 0. The molecule has 1 aromatic rings. The molecule has 4 N–H and O–H groups in total. The van der Waals surface area contributed by atoms with Gasteiger partial charge in [-0.25, -0.2) is 0 Å². The fourth-order valence-corrected chi connectivity index (χ4v) is 1.21. The number of carboxylic acids is 1. The Balaban J connectivity index is 2.65. The third-order valence-electron chi connectivity index (χ3n) is 2.23. The van der Waals surface area contributed by atoms with Crippen molar-refractivity contribution < 1.29 is 20.4 Å². The first kappa shape index (κ1) is 12.2. The zero-order chi connectivity index (χ0) is 12.1. The summed E-state index contributed by atoms with van der Waals surface area (Å²) in [6.07, 6.45) is 0. The SMILES string of the molecule is C[C@@H](NC(=O)[C@H]([NH3+])c1ccccc1)C(=O)[O-]. The van der Waals surface area contributed by atoms with E-state index in [1.54, 1.807) is 24.3 Å². The Morgan fingerprint density at radius 3 is 2.38 bits per heavy atom. The van der Waals surface area contributed by atoms with Gasteiger partial charge in [0.25, 0.3) is 5.91 Å². The van der Waals surface area contributed by atoms with Gasteiger partial charge in [-0.2, -0.15) is 0 Å². The molecule has 2 atom stereocenters. The molecule has 1 amide bonds. The Labute approximate surface area is 93.3 Å². The number of rotatable bonds is 4. The number of hydrogen-bond acceptors (Lipinski definition) is 3. The van der Waals surface area contributed by atoms with Crippen LogP contribution in [0.5, 0.6) is 0 Å². The first-order chi connectivity index (χ1) is 7.52. The number of quaternary nitrogens is 1. The molecule has 0 bridgehead atoms. The van der Waals surface area contributed by atoms with Crippen LogP contribution < -0.4 is 16.2 Å². The highest BCUT2D eigenvalue weighted by molar-refractivity contribution is 5.85. The number of carboxylic acid groups (broad SMARTS) is 1. The Bertz CT molecular complexity index is 378. The van der Waals surface area contributed by atoms with E-state index in [9.17, 15) is 14.7 Å². The molecule has 0 aromatic heterocycles. The van der Waals surface area contributed by atoms with Crippen LogP contribution in [0.2, 0.25) is 0 Å². The van der Waals surface area contributed by atoms with Crippen LogP contribution in [0.25, 0.3) is 0 Å². The smallest absolute Gasteiger partial charge is 0.283 e. The molecular weight excluding hydrogens is 208 g/mol. The molecule has 0 aliphatic heterocycles. The van der Waals surface area contributed by atoms with Crippen LogP contribution in [0, 0.1) is 0 Å². The highest BCUT2D eigenvalue weighted by Crippen LogP contribution is 2.07. The quantitative estimate of drug-likeness (QED) is 0.630. The van der Waals surface area contributed by atoms with Crippen LogP contribution in [0.3, 0.4) is 0 Å². The van der Waals surface area contributed by atoms with Crippen molar-refractivity contribution in [2.45, 2.75) is 19.0 Å². The van der Waals surface area contributed by atoms with Gasteiger partial charge in [0, 0.05) is 5.56 Å². The Hall–Kier alpha value is -1.88. The van der Waals surface area contributed by atoms with Gasteiger partial charge in [0.05, 0.1) is 12.0 Å². The maximum Gasteiger partial charge on any atom is 0.283 e. The van der Waals surface area contributed by atoms with E-state index in [0.29, 0.717) is 0 Å². The number of nitrogens with one attached hydrogen (secondary N) is 1. The highest BCUT2D eigenvalue weighted by Gasteiger charge is 2.20. The second-order valence-electron chi connectivity index (χ2n) is 3.51. The summed E-state index contributed by atoms with van der Waals surface area (Å²) in [5, 5.41) is 12.8. The predicted octanol–water partition coefficient (Wildman–Crippen LogP) is -1.78. The minimum Gasteiger partial charge on any atom is -0.548 e. The zero-order valence-corrected chi connectivity index (χ0v) is 8.97. The molecule has 0 radical (unpaired) electrons. The van der Waals surface area contributed by atoms with Crippen molar-refractivity contribution in [3.63, 3.8) is 0 Å². The van der Waals surface area contributed by atoms with E-state index >= 15 is 0 Å². The lowest BCUT2D eigenvalue weighted by atomic mass is 10.1. The van der Waals surface area contributed by atoms with E-state index in [-0.39, 0.29) is 0 Å². The third-order valence-corrected chi connectivity index (χ3v) is 2.23. The third kappa shape index (κ3) is 3.06. The summed E-state index contributed by atoms with van der Waals surface area (Å²) in [7, 11) is 0. The van der Waals surface area contributed by atoms with Gasteiger partial charge < -0.3 is 21.0 Å². The molecule has 0 aliphatic carbocycles. The first-order valence-corrected chi connectivity index (χ1v) is 4.91. The molecule has 0 saturated heterocycles. The predicted molar refractivity (Wildman–Crippen MR) is 54.7 cm³/mol. The molecule has 1 rings (SSSR count). The fourth-order valence-electron chi connectivity index (χ4n) is 1.21. The minimum atomic E-state index is -1.31. The topological polar surface area (TPSA) is 96.9 Å². The molecule has 5 nitrogen and oxygen atoms in total. The van der Waals surface area contributed by atoms with E-state index in [1.165, 1.54) is 6.92 Å². The van der Waals surface area contributed by atoms with Crippen molar-refractivity contribution in [2.24, 2.45) is 0 Å². The molecule has 5 heteroatoms. The molecule has 16 heavy (non-hydrogen) atoms. The van der Waals surface area contributed by atoms with Crippen LogP contribution in [0.4, 0.5) is 0 Å². The van der Waals surface area contributed by atoms with Crippen molar-refractivity contribution in [2.75, 3.05) is 0 Å². The Morgan fingerprint density at radius 1 is 1.31 bits per heavy atom. The van der Waals surface area contributed by atoms with Gasteiger partial charge in [0.15, 0.2) is 6.04 Å². The number of amides is 1. The summed E-state index contributed by atoms with van der Waals surface area (Å²) in [5.74, 6) is -1.74. The molecule has 0 fully saturated rings. The van der Waals surface area contributed by atoms with Crippen molar-refractivity contribution >= 4 is 11.9 Å². The van der Waals surface area contributed by atoms with E-state index in [1.807, 2.05) is 6.07 Å². The average Bonchev–Trinajstić information content (AvgIpc) is 2.28. The van der Waals surface area contributed by atoms with Gasteiger partial charge in [0.1, 0.15) is 0 Å². The molecule has 86 valence electrons. The summed E-state index contributed by atoms with van der Waals surface area (Å²) in [6.45, 7) is 1.35. The summed E-state index contributed by atoms with van der Waals surface area (Å²) in [4.78, 5) is 22.0. The maximum absolute atomic E-state index is 11.6.